The van der Waals surface area contributed by atoms with Gasteiger partial charge in [0.05, 0.1) is 12.3 Å². The van der Waals surface area contributed by atoms with Crippen LogP contribution < -0.4 is 0 Å². The van der Waals surface area contributed by atoms with Gasteiger partial charge in [0, 0.05) is 18.1 Å². The van der Waals surface area contributed by atoms with Gasteiger partial charge in [-0.3, -0.25) is 4.99 Å². The summed E-state index contributed by atoms with van der Waals surface area (Å²) in [6.07, 6.45) is 19.0. The number of aliphatic imine (C=N–C) groups is 1. The standard InChI is InChI=1S/C24H37NO3/c1-4-7-8-9-10-15-28-16-11-14-20(12-5-2)23-18-22(27)17-21(13-6-3)24(23)25-19-26/h5,11-12,14,17-18,21,26-27H,2,4,6-10,13,15-16,19H2,1,3H3/b14-11-,20-12+,25-24+. The third-order valence-electron chi connectivity index (χ3n) is 4.64. The van der Waals surface area contributed by atoms with Crippen LogP contribution in [0.3, 0.4) is 0 Å². The van der Waals surface area contributed by atoms with E-state index in [4.69, 9.17) is 4.74 Å². The van der Waals surface area contributed by atoms with E-state index in [0.717, 1.165) is 42.7 Å². The zero-order valence-corrected chi connectivity index (χ0v) is 17.6. The van der Waals surface area contributed by atoms with Crippen molar-refractivity contribution in [3.8, 4) is 0 Å². The van der Waals surface area contributed by atoms with Crippen LogP contribution in [-0.2, 0) is 4.74 Å². The molecule has 0 spiro atoms. The number of hydrogen-bond acceptors (Lipinski definition) is 4. The van der Waals surface area contributed by atoms with Crippen molar-refractivity contribution >= 4 is 5.71 Å². The van der Waals surface area contributed by atoms with Crippen molar-refractivity contribution in [2.24, 2.45) is 10.9 Å². The minimum atomic E-state index is -0.270. The first-order chi connectivity index (χ1) is 13.7. The van der Waals surface area contributed by atoms with Crippen molar-refractivity contribution in [2.45, 2.75) is 58.8 Å². The molecule has 0 aromatic rings. The molecule has 1 atom stereocenters. The highest BCUT2D eigenvalue weighted by atomic mass is 16.5. The van der Waals surface area contributed by atoms with Gasteiger partial charge in [-0.25, -0.2) is 0 Å². The summed E-state index contributed by atoms with van der Waals surface area (Å²) in [5.74, 6) is 0.232. The molecular weight excluding hydrogens is 350 g/mol. The van der Waals surface area contributed by atoms with Crippen molar-refractivity contribution in [2.75, 3.05) is 19.9 Å². The van der Waals surface area contributed by atoms with E-state index >= 15 is 0 Å². The van der Waals surface area contributed by atoms with E-state index in [1.165, 1.54) is 25.7 Å². The van der Waals surface area contributed by atoms with Crippen LogP contribution in [-0.4, -0.2) is 35.9 Å². The van der Waals surface area contributed by atoms with Gasteiger partial charge in [0.2, 0.25) is 0 Å². The van der Waals surface area contributed by atoms with Gasteiger partial charge in [-0.15, -0.1) is 0 Å². The maximum atomic E-state index is 10.2. The lowest BCUT2D eigenvalue weighted by Gasteiger charge is -2.23. The SMILES string of the molecule is C=C/C=C(\C=C/COCCCCCCC)C1=CC(O)=CC(CCC)/C1=N\CO. The van der Waals surface area contributed by atoms with E-state index in [1.54, 1.807) is 18.2 Å². The molecule has 0 aliphatic heterocycles. The first-order valence-electron chi connectivity index (χ1n) is 10.5. The zero-order valence-electron chi connectivity index (χ0n) is 17.6. The molecule has 28 heavy (non-hydrogen) atoms. The van der Waals surface area contributed by atoms with Gasteiger partial charge in [0.25, 0.3) is 0 Å². The predicted molar refractivity (Wildman–Crippen MR) is 119 cm³/mol. The maximum absolute atomic E-state index is 10.2. The van der Waals surface area contributed by atoms with Crippen LogP contribution in [0, 0.1) is 5.92 Å². The number of allylic oxidation sites excluding steroid dienone is 7. The normalized spacial score (nSPS) is 19.2. The Hall–Kier alpha value is -1.91. The van der Waals surface area contributed by atoms with E-state index in [0.29, 0.717) is 6.61 Å². The molecule has 1 aliphatic carbocycles. The summed E-state index contributed by atoms with van der Waals surface area (Å²) >= 11 is 0. The fourth-order valence-corrected chi connectivity index (χ4v) is 3.29. The monoisotopic (exact) mass is 387 g/mol. The number of nitrogens with zero attached hydrogens (tertiary/aromatic N) is 1. The second-order valence-corrected chi connectivity index (χ2v) is 6.98. The minimum absolute atomic E-state index is 0.00173. The molecule has 1 unspecified atom stereocenters. The number of aliphatic hydroxyl groups is 2. The Balaban J connectivity index is 2.75. The average molecular weight is 388 g/mol. The van der Waals surface area contributed by atoms with Crippen LogP contribution in [0.4, 0.5) is 0 Å². The Morgan fingerprint density at radius 3 is 2.68 bits per heavy atom. The summed E-state index contributed by atoms with van der Waals surface area (Å²) in [6, 6.07) is 0. The molecule has 4 nitrogen and oxygen atoms in total. The van der Waals surface area contributed by atoms with Gasteiger partial charge in [0.1, 0.15) is 12.5 Å². The molecule has 0 heterocycles. The summed E-state index contributed by atoms with van der Waals surface area (Å²) in [4.78, 5) is 4.30. The van der Waals surface area contributed by atoms with Crippen molar-refractivity contribution in [3.63, 3.8) is 0 Å². The van der Waals surface area contributed by atoms with Crippen molar-refractivity contribution in [1.82, 2.24) is 0 Å². The molecule has 0 saturated heterocycles. The van der Waals surface area contributed by atoms with Crippen LogP contribution in [0.1, 0.15) is 58.8 Å². The third kappa shape index (κ3) is 8.85. The third-order valence-corrected chi connectivity index (χ3v) is 4.64. The largest absolute Gasteiger partial charge is 0.508 e. The highest BCUT2D eigenvalue weighted by molar-refractivity contribution is 6.08. The molecule has 0 aromatic carbocycles. The second-order valence-electron chi connectivity index (χ2n) is 6.98. The van der Waals surface area contributed by atoms with Gasteiger partial charge in [-0.2, -0.15) is 0 Å². The fraction of sp³-hybridized carbons (Fsp3) is 0.542. The van der Waals surface area contributed by atoms with Crippen LogP contribution in [0.5, 0.6) is 0 Å². The molecule has 0 bridgehead atoms. The number of hydrogen-bond donors (Lipinski definition) is 2. The van der Waals surface area contributed by atoms with Crippen LogP contribution >= 0.6 is 0 Å². The van der Waals surface area contributed by atoms with Crippen LogP contribution in [0.15, 0.2) is 64.9 Å². The van der Waals surface area contributed by atoms with Gasteiger partial charge in [0.15, 0.2) is 0 Å². The van der Waals surface area contributed by atoms with E-state index in [1.807, 2.05) is 18.2 Å². The average Bonchev–Trinajstić information content (AvgIpc) is 2.68. The van der Waals surface area contributed by atoms with Gasteiger partial charge >= 0.3 is 0 Å². The van der Waals surface area contributed by atoms with Crippen LogP contribution in [0.2, 0.25) is 0 Å². The number of rotatable bonds is 14. The summed E-state index contributed by atoms with van der Waals surface area (Å²) in [6.45, 7) is 9.16. The molecule has 1 aliphatic rings. The minimum Gasteiger partial charge on any atom is -0.508 e. The molecule has 1 rings (SSSR count). The highest BCUT2D eigenvalue weighted by Gasteiger charge is 2.23. The topological polar surface area (TPSA) is 62.0 Å². The first kappa shape index (κ1) is 24.1. The lowest BCUT2D eigenvalue weighted by Crippen LogP contribution is -2.21. The molecule has 4 heteroatoms. The van der Waals surface area contributed by atoms with Crippen LogP contribution in [0.25, 0.3) is 0 Å². The summed E-state index contributed by atoms with van der Waals surface area (Å²) in [5, 5.41) is 19.6. The Bertz CT molecular complexity index is 611. The molecule has 156 valence electrons. The Morgan fingerprint density at radius 1 is 1.21 bits per heavy atom. The Morgan fingerprint density at radius 2 is 2.00 bits per heavy atom. The molecule has 0 radical (unpaired) electrons. The molecule has 0 saturated carbocycles. The lowest BCUT2D eigenvalue weighted by atomic mass is 9.84. The van der Waals surface area contributed by atoms with E-state index < -0.39 is 0 Å². The summed E-state index contributed by atoms with van der Waals surface area (Å²) in [5.41, 5.74) is 2.52. The van der Waals surface area contributed by atoms with Crippen molar-refractivity contribution in [3.05, 3.63) is 59.9 Å². The molecule has 0 aromatic heterocycles. The van der Waals surface area contributed by atoms with E-state index in [9.17, 15) is 10.2 Å². The van der Waals surface area contributed by atoms with Gasteiger partial charge in [-0.1, -0.05) is 76.8 Å². The Kier molecular flexibility index (Phi) is 13.0. The highest BCUT2D eigenvalue weighted by Crippen LogP contribution is 2.28. The maximum Gasteiger partial charge on any atom is 0.134 e. The first-order valence-corrected chi connectivity index (χ1v) is 10.5. The summed E-state index contributed by atoms with van der Waals surface area (Å²) < 4.78 is 5.69. The van der Waals surface area contributed by atoms with Crippen molar-refractivity contribution < 1.29 is 14.9 Å². The number of ether oxygens (including phenoxy) is 1. The predicted octanol–water partition coefficient (Wildman–Crippen LogP) is 5.83. The number of aliphatic hydroxyl groups excluding tert-OH is 2. The number of unbranched alkanes of at least 4 members (excludes halogenated alkanes) is 4. The lowest BCUT2D eigenvalue weighted by molar-refractivity contribution is 0.157. The zero-order chi connectivity index (χ0) is 20.6. The van der Waals surface area contributed by atoms with E-state index in [-0.39, 0.29) is 18.4 Å². The van der Waals surface area contributed by atoms with Crippen molar-refractivity contribution in [1.29, 1.82) is 0 Å². The molecular formula is C24H37NO3. The Labute approximate surface area is 170 Å². The molecule has 2 N–H and O–H groups in total. The second kappa shape index (κ2) is 15.1. The molecule has 0 fully saturated rings. The van der Waals surface area contributed by atoms with Gasteiger partial charge < -0.3 is 14.9 Å². The fourth-order valence-electron chi connectivity index (χ4n) is 3.29. The van der Waals surface area contributed by atoms with E-state index in [2.05, 4.69) is 25.4 Å². The molecule has 0 amide bonds. The summed E-state index contributed by atoms with van der Waals surface area (Å²) in [7, 11) is 0. The smallest absolute Gasteiger partial charge is 0.134 e. The quantitative estimate of drug-likeness (QED) is 0.291. The van der Waals surface area contributed by atoms with Gasteiger partial charge in [-0.05, 0) is 30.6 Å².